The van der Waals surface area contributed by atoms with Crippen LogP contribution in [0.4, 0.5) is 0 Å². The number of hydrogen-bond acceptors (Lipinski definition) is 5. The highest BCUT2D eigenvalue weighted by molar-refractivity contribution is 7.91. The maximum Gasteiger partial charge on any atom is 0.250 e. The first kappa shape index (κ1) is 14.8. The molecular formula is C15H13N3O2S2. The maximum absolute atomic E-state index is 12.2. The number of hydrogen-bond donors (Lipinski definition) is 1. The summed E-state index contributed by atoms with van der Waals surface area (Å²) in [4.78, 5) is 8.33. The van der Waals surface area contributed by atoms with Gasteiger partial charge in [-0.1, -0.05) is 12.1 Å². The molecule has 0 fully saturated rings. The largest absolute Gasteiger partial charge is 0.265 e. The molecule has 7 heteroatoms. The average molecular weight is 331 g/mol. The number of pyridine rings is 2. The Morgan fingerprint density at radius 3 is 2.59 bits per heavy atom. The smallest absolute Gasteiger partial charge is 0.250 e. The lowest BCUT2D eigenvalue weighted by molar-refractivity contribution is 0.583. The van der Waals surface area contributed by atoms with Crippen molar-refractivity contribution >= 4 is 21.4 Å². The van der Waals surface area contributed by atoms with E-state index in [1.54, 1.807) is 42.2 Å². The molecule has 0 aliphatic carbocycles. The summed E-state index contributed by atoms with van der Waals surface area (Å²) in [5.74, 6) is 0. The molecule has 0 saturated carbocycles. The molecule has 0 aliphatic heterocycles. The van der Waals surface area contributed by atoms with E-state index in [0.29, 0.717) is 4.21 Å². The van der Waals surface area contributed by atoms with Gasteiger partial charge in [-0.2, -0.15) is 0 Å². The normalized spacial score (nSPS) is 11.5. The zero-order valence-corrected chi connectivity index (χ0v) is 13.1. The van der Waals surface area contributed by atoms with Crippen LogP contribution in [-0.2, 0) is 16.6 Å². The van der Waals surface area contributed by atoms with Crippen molar-refractivity contribution in [1.29, 1.82) is 0 Å². The molecule has 3 heterocycles. The Morgan fingerprint density at radius 1 is 1.05 bits per heavy atom. The third-order valence-electron chi connectivity index (χ3n) is 3.06. The Balaban J connectivity index is 1.85. The Morgan fingerprint density at radius 2 is 1.86 bits per heavy atom. The van der Waals surface area contributed by atoms with E-state index in [1.807, 2.05) is 18.2 Å². The summed E-state index contributed by atoms with van der Waals surface area (Å²) >= 11 is 1.19. The first-order valence-corrected chi connectivity index (χ1v) is 8.90. The molecule has 0 atom stereocenters. The molecule has 0 saturated heterocycles. The van der Waals surface area contributed by atoms with Crippen LogP contribution in [0.3, 0.4) is 0 Å². The lowest BCUT2D eigenvalue weighted by atomic mass is 10.1. The molecule has 5 nitrogen and oxygen atoms in total. The van der Waals surface area contributed by atoms with Gasteiger partial charge in [0.2, 0.25) is 10.0 Å². The van der Waals surface area contributed by atoms with E-state index in [9.17, 15) is 8.42 Å². The van der Waals surface area contributed by atoms with Crippen molar-refractivity contribution in [3.63, 3.8) is 0 Å². The first-order chi connectivity index (χ1) is 10.7. The van der Waals surface area contributed by atoms with Gasteiger partial charge in [0.15, 0.2) is 0 Å². The topological polar surface area (TPSA) is 72.0 Å². The molecule has 0 radical (unpaired) electrons. The van der Waals surface area contributed by atoms with Crippen molar-refractivity contribution in [1.82, 2.24) is 14.7 Å². The van der Waals surface area contributed by atoms with Gasteiger partial charge in [0, 0.05) is 30.7 Å². The zero-order chi connectivity index (χ0) is 15.4. The van der Waals surface area contributed by atoms with E-state index in [0.717, 1.165) is 16.8 Å². The molecule has 0 bridgehead atoms. The van der Waals surface area contributed by atoms with Crippen molar-refractivity contribution in [2.75, 3.05) is 0 Å². The highest BCUT2D eigenvalue weighted by Gasteiger charge is 2.16. The van der Waals surface area contributed by atoms with Crippen LogP contribution in [0.15, 0.2) is 64.6 Å². The predicted molar refractivity (Wildman–Crippen MR) is 85.8 cm³/mol. The predicted octanol–water partition coefficient (Wildman–Crippen LogP) is 2.68. The summed E-state index contributed by atoms with van der Waals surface area (Å²) < 4.78 is 27.3. The minimum absolute atomic E-state index is 0.186. The van der Waals surface area contributed by atoms with Crippen LogP contribution in [0.1, 0.15) is 5.56 Å². The molecule has 0 spiro atoms. The summed E-state index contributed by atoms with van der Waals surface area (Å²) in [6.07, 6.45) is 5.06. The first-order valence-electron chi connectivity index (χ1n) is 6.54. The van der Waals surface area contributed by atoms with Crippen LogP contribution >= 0.6 is 11.3 Å². The van der Waals surface area contributed by atoms with Crippen LogP contribution in [0.2, 0.25) is 0 Å². The molecule has 3 rings (SSSR count). The molecule has 3 aromatic rings. The summed E-state index contributed by atoms with van der Waals surface area (Å²) in [6.45, 7) is 0.186. The fourth-order valence-corrected chi connectivity index (χ4v) is 4.06. The summed E-state index contributed by atoms with van der Waals surface area (Å²) in [5, 5.41) is 1.74. The van der Waals surface area contributed by atoms with Gasteiger partial charge in [-0.15, -0.1) is 11.3 Å². The van der Waals surface area contributed by atoms with Gasteiger partial charge in [0.1, 0.15) is 4.21 Å². The lowest BCUT2D eigenvalue weighted by Crippen LogP contribution is -2.22. The highest BCUT2D eigenvalue weighted by atomic mass is 32.2. The van der Waals surface area contributed by atoms with Crippen molar-refractivity contribution in [2.24, 2.45) is 0 Å². The summed E-state index contributed by atoms with van der Waals surface area (Å²) in [5.41, 5.74) is 2.47. The van der Waals surface area contributed by atoms with Crippen molar-refractivity contribution in [3.8, 4) is 11.3 Å². The average Bonchev–Trinajstić information content (AvgIpc) is 3.10. The van der Waals surface area contributed by atoms with Crippen LogP contribution < -0.4 is 4.72 Å². The maximum atomic E-state index is 12.2. The number of nitrogens with zero attached hydrogens (tertiary/aromatic N) is 2. The second-order valence-corrected chi connectivity index (χ2v) is 7.45. The van der Waals surface area contributed by atoms with Crippen LogP contribution in [0.5, 0.6) is 0 Å². The number of sulfonamides is 1. The molecule has 3 aromatic heterocycles. The van der Waals surface area contributed by atoms with Gasteiger partial charge in [-0.3, -0.25) is 9.97 Å². The second-order valence-electron chi connectivity index (χ2n) is 4.50. The summed E-state index contributed by atoms with van der Waals surface area (Å²) in [6, 6.07) is 10.6. The summed E-state index contributed by atoms with van der Waals surface area (Å²) in [7, 11) is -3.49. The highest BCUT2D eigenvalue weighted by Crippen LogP contribution is 2.21. The molecule has 0 aliphatic rings. The minimum Gasteiger partial charge on any atom is -0.265 e. The van der Waals surface area contributed by atoms with Crippen LogP contribution in [0, 0.1) is 0 Å². The van der Waals surface area contributed by atoms with Gasteiger partial charge in [0.05, 0.1) is 5.69 Å². The van der Waals surface area contributed by atoms with Crippen molar-refractivity contribution in [2.45, 2.75) is 10.8 Å². The molecule has 0 amide bonds. The molecule has 22 heavy (non-hydrogen) atoms. The number of rotatable bonds is 5. The molecule has 1 N–H and O–H groups in total. The van der Waals surface area contributed by atoms with Crippen molar-refractivity contribution < 1.29 is 8.42 Å². The Hall–Kier alpha value is -2.09. The third kappa shape index (κ3) is 3.22. The molecule has 0 unspecified atom stereocenters. The molecular weight excluding hydrogens is 318 g/mol. The fourth-order valence-electron chi connectivity index (χ4n) is 2.01. The van der Waals surface area contributed by atoms with E-state index in [2.05, 4.69) is 14.7 Å². The van der Waals surface area contributed by atoms with E-state index in [-0.39, 0.29) is 6.54 Å². The number of thiophene rings is 1. The number of nitrogens with one attached hydrogen (secondary N) is 1. The Kier molecular flexibility index (Phi) is 4.28. The second kappa shape index (κ2) is 6.35. The van der Waals surface area contributed by atoms with E-state index in [1.165, 1.54) is 11.3 Å². The Labute approximate surface area is 132 Å². The SMILES string of the molecule is O=S(=O)(NCc1cccnc1-c1ccncc1)c1cccs1. The zero-order valence-electron chi connectivity index (χ0n) is 11.5. The quantitative estimate of drug-likeness (QED) is 0.780. The van der Waals surface area contributed by atoms with Gasteiger partial charge >= 0.3 is 0 Å². The molecule has 0 aromatic carbocycles. The molecule has 112 valence electrons. The van der Waals surface area contributed by atoms with Gasteiger partial charge in [-0.05, 0) is 35.2 Å². The van der Waals surface area contributed by atoms with Gasteiger partial charge in [0.25, 0.3) is 0 Å². The minimum atomic E-state index is -3.49. The van der Waals surface area contributed by atoms with Crippen LogP contribution in [-0.4, -0.2) is 18.4 Å². The van der Waals surface area contributed by atoms with Crippen molar-refractivity contribution in [3.05, 3.63) is 65.9 Å². The van der Waals surface area contributed by atoms with Gasteiger partial charge < -0.3 is 0 Å². The fraction of sp³-hybridized carbons (Fsp3) is 0.0667. The monoisotopic (exact) mass is 331 g/mol. The van der Waals surface area contributed by atoms with Crippen LogP contribution in [0.25, 0.3) is 11.3 Å². The lowest BCUT2D eigenvalue weighted by Gasteiger charge is -2.09. The van der Waals surface area contributed by atoms with Gasteiger partial charge in [-0.25, -0.2) is 13.1 Å². The standard InChI is InChI=1S/C15H13N3O2S2/c19-22(20,14-4-2-10-21-14)18-11-13-3-1-7-17-15(13)12-5-8-16-9-6-12/h1-10,18H,11H2. The van der Waals surface area contributed by atoms with E-state index in [4.69, 9.17) is 0 Å². The third-order valence-corrected chi connectivity index (χ3v) is 5.86. The number of aromatic nitrogens is 2. The van der Waals surface area contributed by atoms with E-state index >= 15 is 0 Å². The van der Waals surface area contributed by atoms with E-state index < -0.39 is 10.0 Å². The Bertz CT molecular complexity index is 848.